The molecule has 3 nitrogen and oxygen atoms in total. The molecule has 18 heavy (non-hydrogen) atoms. The zero-order valence-corrected chi connectivity index (χ0v) is 11.2. The molecular weight excluding hydrogens is 246 g/mol. The number of amides is 1. The molecule has 94 valence electrons. The maximum absolute atomic E-state index is 12.2. The number of benzene rings is 1. The maximum Gasteiger partial charge on any atom is 0.257 e. The van der Waals surface area contributed by atoms with Crippen LogP contribution in [0.25, 0.3) is 0 Å². The van der Waals surface area contributed by atoms with E-state index in [0.29, 0.717) is 17.7 Å². The number of phenolic OH excluding ortho intramolecular Hbond substituents is 1. The standard InChI is InChI=1S/C14H15NO2S/c1-10-5-3-7-12(13(10)16)14(17)15(2)9-11-6-4-8-18-11/h3-8,16H,9H2,1-2H3. The van der Waals surface area contributed by atoms with E-state index < -0.39 is 0 Å². The molecule has 0 aliphatic rings. The predicted octanol–water partition coefficient (Wildman–Crippen LogP) is 3.03. The first-order chi connectivity index (χ1) is 8.59. The lowest BCUT2D eigenvalue weighted by atomic mass is 10.1. The number of thiophene rings is 1. The van der Waals surface area contributed by atoms with Gasteiger partial charge in [-0.3, -0.25) is 4.79 Å². The minimum Gasteiger partial charge on any atom is -0.507 e. The van der Waals surface area contributed by atoms with E-state index in [-0.39, 0.29) is 11.7 Å². The van der Waals surface area contributed by atoms with Gasteiger partial charge in [0.05, 0.1) is 12.1 Å². The first-order valence-corrected chi connectivity index (χ1v) is 6.54. The fourth-order valence-corrected chi connectivity index (χ4v) is 2.50. The number of aromatic hydroxyl groups is 1. The van der Waals surface area contributed by atoms with Crippen LogP contribution in [0.15, 0.2) is 35.7 Å². The first kappa shape index (κ1) is 12.6. The Bertz CT molecular complexity index is 549. The highest BCUT2D eigenvalue weighted by molar-refractivity contribution is 7.09. The van der Waals surface area contributed by atoms with Crippen molar-refractivity contribution < 1.29 is 9.90 Å². The summed E-state index contributed by atoms with van der Waals surface area (Å²) in [5.41, 5.74) is 1.07. The molecule has 1 N–H and O–H groups in total. The van der Waals surface area contributed by atoms with E-state index in [1.54, 1.807) is 48.4 Å². The number of aryl methyl sites for hydroxylation is 1. The minimum absolute atomic E-state index is 0.0699. The lowest BCUT2D eigenvalue weighted by molar-refractivity contribution is 0.0783. The Morgan fingerprint density at radius 3 is 2.78 bits per heavy atom. The van der Waals surface area contributed by atoms with Crippen molar-refractivity contribution in [3.05, 3.63) is 51.7 Å². The highest BCUT2D eigenvalue weighted by Gasteiger charge is 2.17. The molecule has 1 aromatic carbocycles. The molecule has 2 rings (SSSR count). The van der Waals surface area contributed by atoms with Gasteiger partial charge in [-0.25, -0.2) is 0 Å². The predicted molar refractivity (Wildman–Crippen MR) is 73.0 cm³/mol. The summed E-state index contributed by atoms with van der Waals surface area (Å²) in [6.45, 7) is 2.34. The number of nitrogens with zero attached hydrogens (tertiary/aromatic N) is 1. The van der Waals surface area contributed by atoms with Crippen LogP contribution in [0.5, 0.6) is 5.75 Å². The van der Waals surface area contributed by atoms with Gasteiger partial charge < -0.3 is 10.0 Å². The molecule has 0 aliphatic carbocycles. The topological polar surface area (TPSA) is 40.5 Å². The summed E-state index contributed by atoms with van der Waals surface area (Å²) < 4.78 is 0. The Morgan fingerprint density at radius 1 is 1.33 bits per heavy atom. The van der Waals surface area contributed by atoms with Crippen LogP contribution in [-0.2, 0) is 6.54 Å². The molecule has 0 spiro atoms. The van der Waals surface area contributed by atoms with E-state index in [1.807, 2.05) is 17.5 Å². The van der Waals surface area contributed by atoms with Crippen molar-refractivity contribution in [3.63, 3.8) is 0 Å². The normalized spacial score (nSPS) is 10.3. The van der Waals surface area contributed by atoms with Crippen molar-refractivity contribution in [2.24, 2.45) is 0 Å². The second-order valence-electron chi connectivity index (χ2n) is 4.21. The molecule has 0 atom stereocenters. The third-order valence-electron chi connectivity index (χ3n) is 2.79. The third kappa shape index (κ3) is 2.54. The first-order valence-electron chi connectivity index (χ1n) is 5.66. The van der Waals surface area contributed by atoms with Gasteiger partial charge in [-0.2, -0.15) is 0 Å². The zero-order valence-electron chi connectivity index (χ0n) is 10.4. The molecular formula is C14H15NO2S. The molecule has 0 saturated heterocycles. The summed E-state index contributed by atoms with van der Waals surface area (Å²) in [5.74, 6) is -0.0925. The van der Waals surface area contributed by atoms with Crippen molar-refractivity contribution >= 4 is 17.2 Å². The molecule has 4 heteroatoms. The fourth-order valence-electron chi connectivity index (χ4n) is 1.75. The summed E-state index contributed by atoms with van der Waals surface area (Å²) in [7, 11) is 1.74. The third-order valence-corrected chi connectivity index (χ3v) is 3.65. The maximum atomic E-state index is 12.2. The Labute approximate surface area is 110 Å². The monoisotopic (exact) mass is 261 g/mol. The van der Waals surface area contributed by atoms with E-state index >= 15 is 0 Å². The van der Waals surface area contributed by atoms with Crippen molar-refractivity contribution in [2.45, 2.75) is 13.5 Å². The Balaban J connectivity index is 2.18. The molecule has 0 fully saturated rings. The molecule has 1 heterocycles. The van der Waals surface area contributed by atoms with E-state index in [2.05, 4.69) is 0 Å². The van der Waals surface area contributed by atoms with E-state index in [1.165, 1.54) is 0 Å². The molecule has 2 aromatic rings. The Morgan fingerprint density at radius 2 is 2.11 bits per heavy atom. The summed E-state index contributed by atoms with van der Waals surface area (Å²) in [5, 5.41) is 11.9. The lowest BCUT2D eigenvalue weighted by Gasteiger charge is -2.17. The van der Waals surface area contributed by atoms with Gasteiger partial charge in [0.2, 0.25) is 0 Å². The average molecular weight is 261 g/mol. The SMILES string of the molecule is Cc1cccc(C(=O)N(C)Cc2cccs2)c1O. The van der Waals surface area contributed by atoms with Gasteiger partial charge in [-0.05, 0) is 30.0 Å². The van der Waals surface area contributed by atoms with Gasteiger partial charge in [-0.1, -0.05) is 18.2 Å². The number of para-hydroxylation sites is 1. The summed E-state index contributed by atoms with van der Waals surface area (Å²) >= 11 is 1.61. The van der Waals surface area contributed by atoms with Gasteiger partial charge in [0.15, 0.2) is 0 Å². The van der Waals surface area contributed by atoms with Crippen LogP contribution in [0.4, 0.5) is 0 Å². The molecule has 0 unspecified atom stereocenters. The summed E-state index contributed by atoms with van der Waals surface area (Å²) in [6.07, 6.45) is 0. The number of rotatable bonds is 3. The second-order valence-corrected chi connectivity index (χ2v) is 5.24. The van der Waals surface area contributed by atoms with E-state index in [0.717, 1.165) is 4.88 Å². The number of hydrogen-bond acceptors (Lipinski definition) is 3. The van der Waals surface area contributed by atoms with Crippen LogP contribution in [0.3, 0.4) is 0 Å². The smallest absolute Gasteiger partial charge is 0.257 e. The molecule has 0 bridgehead atoms. The minimum atomic E-state index is -0.162. The van der Waals surface area contributed by atoms with Crippen LogP contribution < -0.4 is 0 Å². The Kier molecular flexibility index (Phi) is 3.67. The number of phenols is 1. The second kappa shape index (κ2) is 5.23. The van der Waals surface area contributed by atoms with Gasteiger partial charge in [0.25, 0.3) is 5.91 Å². The molecule has 1 amide bonds. The number of carbonyl (C=O) groups is 1. The molecule has 0 aliphatic heterocycles. The van der Waals surface area contributed by atoms with Gasteiger partial charge >= 0.3 is 0 Å². The van der Waals surface area contributed by atoms with Gasteiger partial charge in [0.1, 0.15) is 5.75 Å². The van der Waals surface area contributed by atoms with Crippen molar-refractivity contribution in [1.29, 1.82) is 0 Å². The highest BCUT2D eigenvalue weighted by atomic mass is 32.1. The van der Waals surface area contributed by atoms with Crippen LogP contribution >= 0.6 is 11.3 Å². The van der Waals surface area contributed by atoms with Crippen LogP contribution in [0.2, 0.25) is 0 Å². The van der Waals surface area contributed by atoms with Crippen LogP contribution in [0.1, 0.15) is 20.8 Å². The van der Waals surface area contributed by atoms with E-state index in [9.17, 15) is 9.90 Å². The largest absolute Gasteiger partial charge is 0.507 e. The molecule has 0 radical (unpaired) electrons. The summed E-state index contributed by atoms with van der Waals surface area (Å²) in [6, 6.07) is 9.16. The lowest BCUT2D eigenvalue weighted by Crippen LogP contribution is -2.25. The quantitative estimate of drug-likeness (QED) is 0.922. The highest BCUT2D eigenvalue weighted by Crippen LogP contribution is 2.23. The number of hydrogen-bond donors (Lipinski definition) is 1. The Hall–Kier alpha value is -1.81. The van der Waals surface area contributed by atoms with Crippen molar-refractivity contribution in [1.82, 2.24) is 4.90 Å². The molecule has 0 saturated carbocycles. The zero-order chi connectivity index (χ0) is 13.1. The van der Waals surface area contributed by atoms with E-state index in [4.69, 9.17) is 0 Å². The van der Waals surface area contributed by atoms with Crippen molar-refractivity contribution in [2.75, 3.05) is 7.05 Å². The van der Waals surface area contributed by atoms with Crippen LogP contribution in [0, 0.1) is 6.92 Å². The average Bonchev–Trinajstić information content (AvgIpc) is 2.84. The van der Waals surface area contributed by atoms with Crippen LogP contribution in [-0.4, -0.2) is 23.0 Å². The fraction of sp³-hybridized carbons (Fsp3) is 0.214. The number of carbonyl (C=O) groups excluding carboxylic acids is 1. The van der Waals surface area contributed by atoms with Crippen molar-refractivity contribution in [3.8, 4) is 5.75 Å². The van der Waals surface area contributed by atoms with Gasteiger partial charge in [0, 0.05) is 11.9 Å². The van der Waals surface area contributed by atoms with Gasteiger partial charge in [-0.15, -0.1) is 11.3 Å². The summed E-state index contributed by atoms with van der Waals surface area (Å²) in [4.78, 5) is 14.9. The molecule has 1 aromatic heterocycles.